The van der Waals surface area contributed by atoms with Gasteiger partial charge in [0.2, 0.25) is 0 Å². The van der Waals surface area contributed by atoms with Gasteiger partial charge in [0.05, 0.1) is 6.10 Å². The minimum absolute atomic E-state index is 0.118. The summed E-state index contributed by atoms with van der Waals surface area (Å²) in [5, 5.41) is 18.7. The zero-order valence-electron chi connectivity index (χ0n) is 10.6. The largest absolute Gasteiger partial charge is 0.455 e. The predicted octanol–water partition coefficient (Wildman–Crippen LogP) is 4.31. The van der Waals surface area contributed by atoms with Gasteiger partial charge in [-0.1, -0.05) is 28.1 Å². The summed E-state index contributed by atoms with van der Waals surface area (Å²) in [4.78, 5) is 0. The smallest absolute Gasteiger partial charge is 0.148 e. The minimum Gasteiger partial charge on any atom is -0.455 e. The van der Waals surface area contributed by atoms with Gasteiger partial charge in [0, 0.05) is 10.0 Å². The summed E-state index contributed by atoms with van der Waals surface area (Å²) in [6.07, 6.45) is -0.739. The van der Waals surface area contributed by atoms with Crippen LogP contribution in [0.3, 0.4) is 0 Å². The summed E-state index contributed by atoms with van der Waals surface area (Å²) >= 11 is 3.31. The van der Waals surface area contributed by atoms with Crippen molar-refractivity contribution in [2.45, 2.75) is 13.0 Å². The van der Waals surface area contributed by atoms with Crippen LogP contribution in [0.4, 0.5) is 4.39 Å². The zero-order chi connectivity index (χ0) is 14.7. The molecule has 102 valence electrons. The molecular weight excluding hydrogens is 325 g/mol. The van der Waals surface area contributed by atoms with Crippen LogP contribution in [0.2, 0.25) is 0 Å². The summed E-state index contributed by atoms with van der Waals surface area (Å²) in [6.45, 7) is 1.60. The second-order valence-electron chi connectivity index (χ2n) is 4.18. The summed E-state index contributed by atoms with van der Waals surface area (Å²) in [5.74, 6) is -0.150. The number of ether oxygens (including phenoxy) is 1. The van der Waals surface area contributed by atoms with Gasteiger partial charge in [0.1, 0.15) is 28.9 Å². The molecule has 0 spiro atoms. The van der Waals surface area contributed by atoms with Crippen molar-refractivity contribution in [3.05, 3.63) is 57.8 Å². The third-order valence-electron chi connectivity index (χ3n) is 2.73. The van der Waals surface area contributed by atoms with Crippen molar-refractivity contribution in [1.82, 2.24) is 0 Å². The molecule has 0 aromatic heterocycles. The van der Waals surface area contributed by atoms with Crippen LogP contribution in [0.1, 0.15) is 24.2 Å². The fourth-order valence-electron chi connectivity index (χ4n) is 1.76. The first kappa shape index (κ1) is 14.5. The normalized spacial score (nSPS) is 11.8. The number of nitrogens with zero attached hydrogens (tertiary/aromatic N) is 1. The van der Waals surface area contributed by atoms with E-state index >= 15 is 0 Å². The van der Waals surface area contributed by atoms with E-state index < -0.39 is 11.9 Å². The lowest BCUT2D eigenvalue weighted by atomic mass is 10.1. The van der Waals surface area contributed by atoms with Crippen LogP contribution in [0, 0.1) is 17.1 Å². The molecule has 1 atom stereocenters. The Bertz CT molecular complexity index is 680. The number of aliphatic hydroxyl groups is 1. The zero-order valence-corrected chi connectivity index (χ0v) is 12.2. The van der Waals surface area contributed by atoms with E-state index in [4.69, 9.17) is 10.00 Å². The minimum atomic E-state index is -0.739. The van der Waals surface area contributed by atoms with E-state index in [1.54, 1.807) is 31.2 Å². The van der Waals surface area contributed by atoms with Crippen molar-refractivity contribution in [3.63, 3.8) is 0 Å². The van der Waals surface area contributed by atoms with Gasteiger partial charge in [-0.3, -0.25) is 0 Å². The summed E-state index contributed by atoms with van der Waals surface area (Å²) in [6, 6.07) is 11.1. The van der Waals surface area contributed by atoms with Crippen LogP contribution >= 0.6 is 15.9 Å². The Morgan fingerprint density at radius 3 is 2.70 bits per heavy atom. The molecule has 5 heteroatoms. The van der Waals surface area contributed by atoms with E-state index in [0.717, 1.165) is 4.47 Å². The Labute approximate surface area is 124 Å². The molecule has 2 aromatic carbocycles. The Morgan fingerprint density at radius 1 is 1.30 bits per heavy atom. The number of benzene rings is 2. The number of aliphatic hydroxyl groups excluding tert-OH is 1. The number of hydrogen-bond acceptors (Lipinski definition) is 3. The molecule has 0 heterocycles. The van der Waals surface area contributed by atoms with Crippen LogP contribution in [0.5, 0.6) is 11.5 Å². The van der Waals surface area contributed by atoms with Gasteiger partial charge >= 0.3 is 0 Å². The predicted molar refractivity (Wildman–Crippen MR) is 76.0 cm³/mol. The molecule has 0 saturated heterocycles. The highest BCUT2D eigenvalue weighted by Gasteiger charge is 2.14. The monoisotopic (exact) mass is 335 g/mol. The van der Waals surface area contributed by atoms with Crippen LogP contribution in [-0.2, 0) is 0 Å². The second kappa shape index (κ2) is 6.04. The van der Waals surface area contributed by atoms with Crippen LogP contribution in [0.15, 0.2) is 40.9 Å². The van der Waals surface area contributed by atoms with Crippen LogP contribution < -0.4 is 4.74 Å². The molecule has 3 nitrogen and oxygen atoms in total. The fraction of sp³-hybridized carbons (Fsp3) is 0.133. The van der Waals surface area contributed by atoms with Gasteiger partial charge in [0.25, 0.3) is 0 Å². The van der Waals surface area contributed by atoms with E-state index in [1.165, 1.54) is 18.2 Å². The molecule has 1 unspecified atom stereocenters. The molecule has 0 fully saturated rings. The van der Waals surface area contributed by atoms with Crippen LogP contribution in [-0.4, -0.2) is 5.11 Å². The highest BCUT2D eigenvalue weighted by atomic mass is 79.9. The van der Waals surface area contributed by atoms with Crippen molar-refractivity contribution >= 4 is 15.9 Å². The maximum absolute atomic E-state index is 13.5. The maximum atomic E-state index is 13.5. The Hall–Kier alpha value is -1.90. The SMILES string of the molecule is CC(O)c1ccc(Br)cc1Oc1cccc(F)c1C#N. The number of halogens is 2. The molecule has 0 aliphatic rings. The van der Waals surface area contributed by atoms with Crippen LogP contribution in [0.25, 0.3) is 0 Å². The van der Waals surface area contributed by atoms with E-state index in [1.807, 2.05) is 0 Å². The third-order valence-corrected chi connectivity index (χ3v) is 3.23. The van der Waals surface area contributed by atoms with Crippen molar-refractivity contribution in [3.8, 4) is 17.6 Å². The molecule has 0 amide bonds. The van der Waals surface area contributed by atoms with Gasteiger partial charge in [-0.05, 0) is 31.2 Å². The maximum Gasteiger partial charge on any atom is 0.148 e. The fourth-order valence-corrected chi connectivity index (χ4v) is 2.10. The van der Waals surface area contributed by atoms with Crippen molar-refractivity contribution in [2.75, 3.05) is 0 Å². The van der Waals surface area contributed by atoms with Crippen molar-refractivity contribution < 1.29 is 14.2 Å². The molecule has 2 rings (SSSR count). The topological polar surface area (TPSA) is 53.2 Å². The van der Waals surface area contributed by atoms with E-state index in [-0.39, 0.29) is 11.3 Å². The lowest BCUT2D eigenvalue weighted by molar-refractivity contribution is 0.195. The molecule has 0 radical (unpaired) electrons. The molecular formula is C15H11BrFNO2. The lowest BCUT2D eigenvalue weighted by Crippen LogP contribution is -1.98. The van der Waals surface area contributed by atoms with E-state index in [2.05, 4.69) is 15.9 Å². The quantitative estimate of drug-likeness (QED) is 0.909. The second-order valence-corrected chi connectivity index (χ2v) is 5.10. The molecule has 0 aliphatic carbocycles. The highest BCUT2D eigenvalue weighted by Crippen LogP contribution is 2.34. The first-order valence-electron chi connectivity index (χ1n) is 5.87. The van der Waals surface area contributed by atoms with Gasteiger partial charge in [-0.25, -0.2) is 4.39 Å². The average Bonchev–Trinajstić information content (AvgIpc) is 2.38. The standard InChI is InChI=1S/C15H11BrFNO2/c1-9(19)11-6-5-10(16)7-15(11)20-14-4-2-3-13(17)12(14)8-18/h2-7,9,19H,1H3. The number of nitriles is 1. The van der Waals surface area contributed by atoms with Crippen molar-refractivity contribution in [2.24, 2.45) is 0 Å². The van der Waals surface area contributed by atoms with Crippen molar-refractivity contribution in [1.29, 1.82) is 5.26 Å². The molecule has 0 aliphatic heterocycles. The number of hydrogen-bond donors (Lipinski definition) is 1. The molecule has 0 saturated carbocycles. The first-order valence-corrected chi connectivity index (χ1v) is 6.66. The van der Waals surface area contributed by atoms with E-state index in [9.17, 15) is 9.50 Å². The Kier molecular flexibility index (Phi) is 4.38. The summed E-state index contributed by atoms with van der Waals surface area (Å²) < 4.78 is 19.9. The summed E-state index contributed by atoms with van der Waals surface area (Å²) in [7, 11) is 0. The third kappa shape index (κ3) is 2.98. The Morgan fingerprint density at radius 2 is 2.05 bits per heavy atom. The van der Waals surface area contributed by atoms with E-state index in [0.29, 0.717) is 11.3 Å². The van der Waals surface area contributed by atoms with Gasteiger partial charge in [-0.15, -0.1) is 0 Å². The number of rotatable bonds is 3. The molecule has 0 bridgehead atoms. The van der Waals surface area contributed by atoms with Gasteiger partial charge < -0.3 is 9.84 Å². The highest BCUT2D eigenvalue weighted by molar-refractivity contribution is 9.10. The van der Waals surface area contributed by atoms with Gasteiger partial charge in [-0.2, -0.15) is 5.26 Å². The molecule has 1 N–H and O–H groups in total. The van der Waals surface area contributed by atoms with Gasteiger partial charge in [0.15, 0.2) is 0 Å². The molecule has 2 aromatic rings. The first-order chi connectivity index (χ1) is 9.52. The lowest BCUT2D eigenvalue weighted by Gasteiger charge is -2.14. The Balaban J connectivity index is 2.48. The summed E-state index contributed by atoms with van der Waals surface area (Å²) in [5.41, 5.74) is 0.394. The average molecular weight is 336 g/mol. The molecule has 20 heavy (non-hydrogen) atoms.